The molecule has 1 aromatic carbocycles. The molecule has 0 fully saturated rings. The van der Waals surface area contributed by atoms with E-state index in [1.807, 2.05) is 41.0 Å². The zero-order valence-corrected chi connectivity index (χ0v) is 10.0. The van der Waals surface area contributed by atoms with Crippen LogP contribution in [0.5, 0.6) is 0 Å². The molecule has 0 aliphatic carbocycles. The maximum absolute atomic E-state index is 10.1. The zero-order valence-electron chi connectivity index (χ0n) is 10.0. The molecule has 18 heavy (non-hydrogen) atoms. The number of fused-ring (bicyclic) bond motifs is 1. The molecule has 0 radical (unpaired) electrons. The summed E-state index contributed by atoms with van der Waals surface area (Å²) < 4.78 is 1.94. The minimum Gasteiger partial charge on any atom is -0.381 e. The smallest absolute Gasteiger partial charge is 0.128 e. The first kappa shape index (κ1) is 12.2. The summed E-state index contributed by atoms with van der Waals surface area (Å²) in [5, 5.41) is 20.0. The van der Waals surface area contributed by atoms with Gasteiger partial charge >= 0.3 is 0 Å². The Labute approximate surface area is 106 Å². The quantitative estimate of drug-likeness (QED) is 0.657. The van der Waals surface area contributed by atoms with Crippen molar-refractivity contribution in [2.24, 2.45) is 0 Å². The molecule has 1 heterocycles. The number of nitrogens with zero attached hydrogens (tertiary/aromatic N) is 2. The van der Waals surface area contributed by atoms with Gasteiger partial charge in [0.1, 0.15) is 6.10 Å². The molecule has 0 saturated heterocycles. The van der Waals surface area contributed by atoms with Crippen molar-refractivity contribution in [2.75, 3.05) is 0 Å². The standard InChI is InChI=1S/C15H14N2O/c1-3-8-17-13-7-5-4-6-12(13)9-14(17)15(18)11(2)10-16/h3-7,9,15,18H,1-2,8H2. The Kier molecular flexibility index (Phi) is 3.31. The van der Waals surface area contributed by atoms with Crippen molar-refractivity contribution in [2.45, 2.75) is 12.6 Å². The van der Waals surface area contributed by atoms with E-state index in [-0.39, 0.29) is 5.57 Å². The van der Waals surface area contributed by atoms with Crippen molar-refractivity contribution in [3.05, 3.63) is 60.8 Å². The largest absolute Gasteiger partial charge is 0.381 e. The third kappa shape index (κ3) is 1.94. The van der Waals surface area contributed by atoms with Crippen LogP contribution in [0.1, 0.15) is 11.8 Å². The SMILES string of the molecule is C=CCn1c(C(O)C(=C)C#N)cc2ccccc21. The van der Waals surface area contributed by atoms with Crippen molar-refractivity contribution in [3.63, 3.8) is 0 Å². The molecule has 3 nitrogen and oxygen atoms in total. The first-order chi connectivity index (χ1) is 8.69. The topological polar surface area (TPSA) is 49.0 Å². The van der Waals surface area contributed by atoms with E-state index < -0.39 is 6.10 Å². The van der Waals surface area contributed by atoms with Gasteiger partial charge in [-0.25, -0.2) is 0 Å². The second-order valence-corrected chi connectivity index (χ2v) is 4.07. The first-order valence-electron chi connectivity index (χ1n) is 5.65. The summed E-state index contributed by atoms with van der Waals surface area (Å²) in [4.78, 5) is 0. The fourth-order valence-electron chi connectivity index (χ4n) is 2.03. The lowest BCUT2D eigenvalue weighted by Crippen LogP contribution is -2.07. The van der Waals surface area contributed by atoms with Gasteiger partial charge in [-0.3, -0.25) is 0 Å². The fourth-order valence-corrected chi connectivity index (χ4v) is 2.03. The van der Waals surface area contributed by atoms with E-state index in [9.17, 15) is 5.11 Å². The fraction of sp³-hybridized carbons (Fsp3) is 0.133. The summed E-state index contributed by atoms with van der Waals surface area (Å²) in [6, 6.07) is 11.6. The Bertz CT molecular complexity index is 646. The van der Waals surface area contributed by atoms with E-state index in [4.69, 9.17) is 5.26 Å². The lowest BCUT2D eigenvalue weighted by atomic mass is 10.1. The molecule has 0 spiro atoms. The number of hydrogen-bond acceptors (Lipinski definition) is 2. The van der Waals surface area contributed by atoms with E-state index in [1.54, 1.807) is 6.08 Å². The average Bonchev–Trinajstić information content (AvgIpc) is 2.76. The van der Waals surface area contributed by atoms with Crippen molar-refractivity contribution in [3.8, 4) is 6.07 Å². The van der Waals surface area contributed by atoms with Crippen LogP contribution in [0.3, 0.4) is 0 Å². The van der Waals surface area contributed by atoms with E-state index >= 15 is 0 Å². The first-order valence-corrected chi connectivity index (χ1v) is 5.65. The van der Waals surface area contributed by atoms with Crippen LogP contribution in [-0.2, 0) is 6.54 Å². The average molecular weight is 238 g/mol. The summed E-state index contributed by atoms with van der Waals surface area (Å²) in [7, 11) is 0. The number of para-hydroxylation sites is 1. The van der Waals surface area contributed by atoms with Crippen molar-refractivity contribution >= 4 is 10.9 Å². The monoisotopic (exact) mass is 238 g/mol. The summed E-state index contributed by atoms with van der Waals surface area (Å²) in [5.41, 5.74) is 1.82. The molecule has 1 atom stereocenters. The molecule has 0 bridgehead atoms. The minimum absolute atomic E-state index is 0.142. The van der Waals surface area contributed by atoms with Gasteiger partial charge in [-0.05, 0) is 17.5 Å². The molecule has 3 heteroatoms. The summed E-state index contributed by atoms with van der Waals surface area (Å²) >= 11 is 0. The summed E-state index contributed by atoms with van der Waals surface area (Å²) in [5.74, 6) is 0. The van der Waals surface area contributed by atoms with Gasteiger partial charge in [-0.2, -0.15) is 5.26 Å². The Morgan fingerprint density at radius 1 is 1.50 bits per heavy atom. The van der Waals surface area contributed by atoms with Crippen molar-refractivity contribution < 1.29 is 5.11 Å². The Balaban J connectivity index is 2.62. The van der Waals surface area contributed by atoms with Gasteiger partial charge < -0.3 is 9.67 Å². The van der Waals surface area contributed by atoms with Crippen LogP contribution in [-0.4, -0.2) is 9.67 Å². The highest BCUT2D eigenvalue weighted by Crippen LogP contribution is 2.27. The Morgan fingerprint density at radius 2 is 2.22 bits per heavy atom. The van der Waals surface area contributed by atoms with Gasteiger partial charge in [-0.15, -0.1) is 6.58 Å². The van der Waals surface area contributed by atoms with Crippen molar-refractivity contribution in [1.29, 1.82) is 5.26 Å². The molecule has 90 valence electrons. The summed E-state index contributed by atoms with van der Waals surface area (Å²) in [6.07, 6.45) is 0.792. The minimum atomic E-state index is -0.970. The van der Waals surface area contributed by atoms with E-state index in [1.165, 1.54) is 0 Å². The second-order valence-electron chi connectivity index (χ2n) is 4.07. The van der Waals surface area contributed by atoms with Gasteiger partial charge in [-0.1, -0.05) is 30.9 Å². The molecular weight excluding hydrogens is 224 g/mol. The number of benzene rings is 1. The predicted molar refractivity (Wildman–Crippen MR) is 71.8 cm³/mol. The van der Waals surface area contributed by atoms with Crippen LogP contribution in [0, 0.1) is 11.3 Å². The van der Waals surface area contributed by atoms with Gasteiger partial charge in [0.25, 0.3) is 0 Å². The van der Waals surface area contributed by atoms with E-state index in [0.29, 0.717) is 12.2 Å². The van der Waals surface area contributed by atoms with Crippen LogP contribution in [0.2, 0.25) is 0 Å². The number of rotatable bonds is 4. The number of nitriles is 1. The molecule has 0 amide bonds. The van der Waals surface area contributed by atoms with Crippen LogP contribution >= 0.6 is 0 Å². The highest BCUT2D eigenvalue weighted by Gasteiger charge is 2.17. The van der Waals surface area contributed by atoms with Gasteiger partial charge in [0.05, 0.1) is 17.3 Å². The molecule has 1 N–H and O–H groups in total. The number of hydrogen-bond donors (Lipinski definition) is 1. The lowest BCUT2D eigenvalue weighted by molar-refractivity contribution is 0.212. The van der Waals surface area contributed by atoms with Gasteiger partial charge in [0, 0.05) is 12.1 Å². The lowest BCUT2D eigenvalue weighted by Gasteiger charge is -2.12. The number of aliphatic hydroxyl groups is 1. The van der Waals surface area contributed by atoms with Crippen LogP contribution < -0.4 is 0 Å². The maximum Gasteiger partial charge on any atom is 0.128 e. The molecule has 1 aromatic heterocycles. The normalized spacial score (nSPS) is 12.0. The Hall–Kier alpha value is -2.31. The van der Waals surface area contributed by atoms with Crippen LogP contribution in [0.4, 0.5) is 0 Å². The Morgan fingerprint density at radius 3 is 2.89 bits per heavy atom. The molecule has 0 aliphatic heterocycles. The molecule has 2 rings (SSSR count). The van der Waals surface area contributed by atoms with E-state index in [0.717, 1.165) is 10.9 Å². The second kappa shape index (κ2) is 4.91. The van der Waals surface area contributed by atoms with Gasteiger partial charge in [0.15, 0.2) is 0 Å². The third-order valence-corrected chi connectivity index (χ3v) is 2.91. The zero-order chi connectivity index (χ0) is 13.1. The molecule has 0 saturated carbocycles. The van der Waals surface area contributed by atoms with Crippen molar-refractivity contribution in [1.82, 2.24) is 4.57 Å². The predicted octanol–water partition coefficient (Wildman–Crippen LogP) is 2.94. The highest BCUT2D eigenvalue weighted by atomic mass is 16.3. The maximum atomic E-state index is 10.1. The molecular formula is C15H14N2O. The van der Waals surface area contributed by atoms with Crippen LogP contribution in [0.15, 0.2) is 55.1 Å². The van der Waals surface area contributed by atoms with Crippen LogP contribution in [0.25, 0.3) is 10.9 Å². The molecule has 0 aliphatic rings. The molecule has 1 unspecified atom stereocenters. The number of allylic oxidation sites excluding steroid dienone is 1. The third-order valence-electron chi connectivity index (χ3n) is 2.91. The highest BCUT2D eigenvalue weighted by molar-refractivity contribution is 5.81. The number of aromatic nitrogens is 1. The van der Waals surface area contributed by atoms with Gasteiger partial charge in [0.2, 0.25) is 0 Å². The van der Waals surface area contributed by atoms with E-state index in [2.05, 4.69) is 13.2 Å². The molecule has 2 aromatic rings. The summed E-state index contributed by atoms with van der Waals surface area (Å²) in [6.45, 7) is 7.87. The number of aliphatic hydroxyl groups excluding tert-OH is 1.